The molecule has 0 aliphatic heterocycles. The Morgan fingerprint density at radius 2 is 1.85 bits per heavy atom. The minimum atomic E-state index is -2.26. The van der Waals surface area contributed by atoms with E-state index >= 15 is 8.78 Å². The van der Waals surface area contributed by atoms with Gasteiger partial charge in [0.1, 0.15) is 12.8 Å². The van der Waals surface area contributed by atoms with Crippen LogP contribution in [0.2, 0.25) is 0 Å². The Labute approximate surface area is 231 Å². The molecule has 0 aromatic heterocycles. The Hall–Kier alpha value is -2.39. The molecule has 4 aliphatic carbocycles. The van der Waals surface area contributed by atoms with E-state index in [0.717, 1.165) is 12.3 Å². The molecule has 0 spiro atoms. The number of halogens is 2. The molecule has 9 heteroatoms. The Morgan fingerprint density at radius 3 is 2.41 bits per heavy atom. The van der Waals surface area contributed by atoms with E-state index in [9.17, 15) is 24.6 Å². The van der Waals surface area contributed by atoms with E-state index in [1.54, 1.807) is 6.92 Å². The zero-order chi connectivity index (χ0) is 30.0. The fourth-order valence-electron chi connectivity index (χ4n) is 7.91. The van der Waals surface area contributed by atoms with Gasteiger partial charge in [0.25, 0.3) is 0 Å². The fourth-order valence-corrected chi connectivity index (χ4v) is 7.91. The van der Waals surface area contributed by atoms with Gasteiger partial charge in [-0.3, -0.25) is 9.59 Å². The van der Waals surface area contributed by atoms with Crippen LogP contribution < -0.4 is 0 Å². The Kier molecular flexibility index (Phi) is 10.1. The summed E-state index contributed by atoms with van der Waals surface area (Å²) in [7, 11) is 1.45. The molecule has 3 saturated carbocycles. The van der Waals surface area contributed by atoms with Crippen molar-refractivity contribution in [3.8, 4) is 0 Å². The maximum Gasteiger partial charge on any atom is 0.414 e. The zero-order valence-electron chi connectivity index (χ0n) is 24.3. The van der Waals surface area contributed by atoms with Gasteiger partial charge in [-0.25, -0.2) is 13.6 Å². The van der Waals surface area contributed by atoms with Gasteiger partial charge in [-0.15, -0.1) is 0 Å². The second-order valence-electron chi connectivity index (χ2n) is 11.0. The van der Waals surface area contributed by atoms with Gasteiger partial charge in [0.2, 0.25) is 0 Å². The fraction of sp³-hybridized carbons (Fsp3) is 0.700. The number of aliphatic hydroxyl groups excluding tert-OH is 2. The summed E-state index contributed by atoms with van der Waals surface area (Å²) < 4.78 is 37.6. The van der Waals surface area contributed by atoms with E-state index in [-0.39, 0.29) is 31.4 Å². The van der Waals surface area contributed by atoms with Gasteiger partial charge >= 0.3 is 6.09 Å². The third-order valence-electron chi connectivity index (χ3n) is 9.67. The molecule has 3 fully saturated rings. The lowest BCUT2D eigenvalue weighted by atomic mass is 9.43. The molecule has 0 aromatic rings. The average molecular weight is 554 g/mol. The van der Waals surface area contributed by atoms with E-state index < -0.39 is 70.3 Å². The molecule has 7 nitrogen and oxygen atoms in total. The summed E-state index contributed by atoms with van der Waals surface area (Å²) in [6, 6.07) is 0. The normalized spacial score (nSPS) is 39.8. The number of Topliss-reactive ketones (excluding diaryl/α,β-unsaturated/α-hetero) is 1. The van der Waals surface area contributed by atoms with Crippen LogP contribution >= 0.6 is 0 Å². The van der Waals surface area contributed by atoms with Gasteiger partial charge in [-0.05, 0) is 61.7 Å². The minimum Gasteiger partial charge on any atom is -0.419 e. The minimum absolute atomic E-state index is 0.0361. The van der Waals surface area contributed by atoms with Crippen molar-refractivity contribution < 1.29 is 38.1 Å². The summed E-state index contributed by atoms with van der Waals surface area (Å²) in [4.78, 5) is 38.8. The summed E-state index contributed by atoms with van der Waals surface area (Å²) in [5.41, 5.74) is -6.05. The van der Waals surface area contributed by atoms with Crippen molar-refractivity contribution >= 4 is 17.7 Å². The Morgan fingerprint density at radius 1 is 1.23 bits per heavy atom. The SMILES string of the molecule is C=COC(=O)N(C)C[C@]1(C(=O)CO)CCC2[C@@H]3C[C@H](F)C4=CC(=O)C=C[C@]4(C)[C@@]3(F)[C@@H](O)C[C@@]21C.CC.CC. The quantitative estimate of drug-likeness (QED) is 0.458. The van der Waals surface area contributed by atoms with Crippen LogP contribution in [0.15, 0.2) is 36.6 Å². The van der Waals surface area contributed by atoms with E-state index in [1.807, 2.05) is 27.7 Å². The predicted molar refractivity (Wildman–Crippen MR) is 145 cm³/mol. The molecule has 4 rings (SSSR count). The number of rotatable bonds is 5. The Balaban J connectivity index is 0.00000127. The van der Waals surface area contributed by atoms with Crippen LogP contribution in [-0.2, 0) is 14.3 Å². The smallest absolute Gasteiger partial charge is 0.414 e. The van der Waals surface area contributed by atoms with Crippen molar-refractivity contribution in [1.29, 1.82) is 0 Å². The first-order valence-electron chi connectivity index (χ1n) is 14.0. The number of ketones is 2. The maximum absolute atomic E-state index is 17.2. The number of amides is 1. The number of alkyl halides is 2. The molecule has 4 aliphatic rings. The maximum atomic E-state index is 17.2. The van der Waals surface area contributed by atoms with Crippen molar-refractivity contribution in [2.45, 2.75) is 85.2 Å². The first-order valence-corrected chi connectivity index (χ1v) is 14.0. The Bertz CT molecular complexity index is 1030. The first-order chi connectivity index (χ1) is 18.3. The number of hydrogen-bond acceptors (Lipinski definition) is 6. The largest absolute Gasteiger partial charge is 0.419 e. The lowest BCUT2D eigenvalue weighted by Crippen LogP contribution is -2.70. The van der Waals surface area contributed by atoms with Crippen LogP contribution in [0.4, 0.5) is 13.6 Å². The lowest BCUT2D eigenvalue weighted by Gasteiger charge is -2.63. The average Bonchev–Trinajstić information content (AvgIpc) is 3.21. The van der Waals surface area contributed by atoms with E-state index in [2.05, 4.69) is 6.58 Å². The van der Waals surface area contributed by atoms with Crippen molar-refractivity contribution in [1.82, 2.24) is 4.90 Å². The zero-order valence-corrected chi connectivity index (χ0v) is 24.3. The molecule has 0 radical (unpaired) electrons. The van der Waals surface area contributed by atoms with Crippen molar-refractivity contribution in [3.05, 3.63) is 36.6 Å². The van der Waals surface area contributed by atoms with Crippen molar-refractivity contribution in [2.24, 2.45) is 28.1 Å². The molecule has 0 saturated heterocycles. The van der Waals surface area contributed by atoms with Gasteiger partial charge in [0.05, 0.1) is 17.8 Å². The number of nitrogens with zero attached hydrogens (tertiary/aromatic N) is 1. The molecule has 39 heavy (non-hydrogen) atoms. The number of ether oxygens (including phenoxy) is 1. The number of hydrogen-bond donors (Lipinski definition) is 2. The summed E-state index contributed by atoms with van der Waals surface area (Å²) in [6.45, 7) is 13.8. The van der Waals surface area contributed by atoms with Crippen molar-refractivity contribution in [2.75, 3.05) is 20.2 Å². The second kappa shape index (κ2) is 12.0. The number of fused-ring (bicyclic) bond motifs is 5. The molecule has 220 valence electrons. The number of carbonyl (C=O) groups is 3. The second-order valence-corrected chi connectivity index (χ2v) is 11.0. The highest BCUT2D eigenvalue weighted by molar-refractivity contribution is 6.01. The molecule has 2 N–H and O–H groups in total. The highest BCUT2D eigenvalue weighted by Crippen LogP contribution is 2.72. The number of allylic oxidation sites excluding steroid dienone is 4. The predicted octanol–water partition coefficient (Wildman–Crippen LogP) is 5.12. The number of carbonyl (C=O) groups excluding carboxylic acids is 3. The van der Waals surface area contributed by atoms with Crippen LogP contribution in [0, 0.1) is 28.1 Å². The monoisotopic (exact) mass is 553 g/mol. The summed E-state index contributed by atoms with van der Waals surface area (Å²) in [6.07, 6.45) is 1.06. The molecule has 0 heterocycles. The molecular formula is C30H45F2NO6. The third kappa shape index (κ3) is 4.69. The van der Waals surface area contributed by atoms with E-state index in [4.69, 9.17) is 4.74 Å². The molecule has 0 aromatic carbocycles. The van der Waals surface area contributed by atoms with Crippen molar-refractivity contribution in [3.63, 3.8) is 0 Å². The molecule has 8 atom stereocenters. The number of aliphatic hydroxyl groups is 2. The van der Waals surface area contributed by atoms with Gasteiger partial charge in [-0.2, -0.15) is 0 Å². The van der Waals surface area contributed by atoms with Crippen LogP contribution in [0.5, 0.6) is 0 Å². The molecular weight excluding hydrogens is 508 g/mol. The van der Waals surface area contributed by atoms with Gasteiger partial charge in [0, 0.05) is 24.9 Å². The van der Waals surface area contributed by atoms with Crippen LogP contribution in [0.25, 0.3) is 0 Å². The molecule has 1 amide bonds. The van der Waals surface area contributed by atoms with Gasteiger partial charge in [0.15, 0.2) is 17.2 Å². The third-order valence-corrected chi connectivity index (χ3v) is 9.67. The van der Waals surface area contributed by atoms with Gasteiger partial charge < -0.3 is 19.8 Å². The molecule has 1 unspecified atom stereocenters. The van der Waals surface area contributed by atoms with Crippen LogP contribution in [-0.4, -0.2) is 70.9 Å². The van der Waals surface area contributed by atoms with Gasteiger partial charge in [-0.1, -0.05) is 47.3 Å². The summed E-state index contributed by atoms with van der Waals surface area (Å²) >= 11 is 0. The topological polar surface area (TPSA) is 104 Å². The lowest BCUT2D eigenvalue weighted by molar-refractivity contribution is -0.212. The van der Waals surface area contributed by atoms with Crippen LogP contribution in [0.1, 0.15) is 67.2 Å². The summed E-state index contributed by atoms with van der Waals surface area (Å²) in [5.74, 6) is -2.37. The highest BCUT2D eigenvalue weighted by Gasteiger charge is 2.75. The highest BCUT2D eigenvalue weighted by atomic mass is 19.1. The summed E-state index contributed by atoms with van der Waals surface area (Å²) in [5, 5.41) is 21.3. The standard InChI is InChI=1S/C26H33F2NO6.2C2H6/c1-5-35-22(34)29(4)14-25(21(33)13-30)9-7-16-17-11-19(27)18-10-15(31)6-8-23(18,2)26(17,28)20(32)12-24(16,25)3;2*1-2/h5-6,8,10,16-17,19-20,30,32H,1,7,9,11-14H2,2-4H3;2*1-2H3/t16?,17-,19-,20-,23-,24-,25-,26-;;/m0../s1. The van der Waals surface area contributed by atoms with E-state index in [1.165, 1.54) is 31.0 Å². The first kappa shape index (κ1) is 32.8. The van der Waals surface area contributed by atoms with E-state index in [0.29, 0.717) is 6.42 Å². The molecule has 0 bridgehead atoms. The van der Waals surface area contributed by atoms with Crippen LogP contribution in [0.3, 0.4) is 0 Å².